The maximum absolute atomic E-state index is 11.8. The molecule has 88 valence electrons. The highest BCUT2D eigenvalue weighted by Gasteiger charge is 2.09. The van der Waals surface area contributed by atoms with E-state index in [2.05, 4.69) is 5.32 Å². The number of rotatable bonds is 3. The van der Waals surface area contributed by atoms with E-state index >= 15 is 0 Å². The van der Waals surface area contributed by atoms with Gasteiger partial charge in [0, 0.05) is 11.6 Å². The number of nitrogens with one attached hydrogen (secondary N) is 1. The Morgan fingerprint density at radius 3 is 2.82 bits per heavy atom. The van der Waals surface area contributed by atoms with Crippen LogP contribution in [0.2, 0.25) is 0 Å². The second-order valence-electron chi connectivity index (χ2n) is 3.70. The Balaban J connectivity index is 2.12. The second kappa shape index (κ2) is 5.06. The van der Waals surface area contributed by atoms with Crippen LogP contribution in [0.15, 0.2) is 40.8 Å². The van der Waals surface area contributed by atoms with E-state index < -0.39 is 0 Å². The van der Waals surface area contributed by atoms with Gasteiger partial charge in [-0.05, 0) is 36.8 Å². The Morgan fingerprint density at radius 1 is 1.35 bits per heavy atom. The highest BCUT2D eigenvalue weighted by molar-refractivity contribution is 6.17. The summed E-state index contributed by atoms with van der Waals surface area (Å²) in [5.74, 6) is 1.18. The molecule has 0 aliphatic rings. The Labute approximate surface area is 104 Å². The van der Waals surface area contributed by atoms with Gasteiger partial charge in [0.05, 0.1) is 0 Å². The van der Waals surface area contributed by atoms with Crippen molar-refractivity contribution in [3.63, 3.8) is 0 Å². The molecule has 0 aliphatic heterocycles. The number of furan rings is 1. The zero-order valence-electron chi connectivity index (χ0n) is 9.37. The summed E-state index contributed by atoms with van der Waals surface area (Å²) in [6, 6.07) is 10.8. The number of hydrogen-bond donors (Lipinski definition) is 1. The molecule has 2 aromatic rings. The number of halogens is 1. The van der Waals surface area contributed by atoms with Crippen LogP contribution < -0.4 is 5.32 Å². The third-order valence-corrected chi connectivity index (χ3v) is 2.61. The Bertz CT molecular complexity index is 534. The molecule has 0 saturated heterocycles. The number of hydrogen-bond acceptors (Lipinski definition) is 2. The predicted molar refractivity (Wildman–Crippen MR) is 67.4 cm³/mol. The van der Waals surface area contributed by atoms with Crippen LogP contribution in [0.1, 0.15) is 21.9 Å². The second-order valence-corrected chi connectivity index (χ2v) is 3.97. The van der Waals surface area contributed by atoms with Gasteiger partial charge < -0.3 is 9.73 Å². The van der Waals surface area contributed by atoms with E-state index in [1.54, 1.807) is 19.1 Å². The van der Waals surface area contributed by atoms with Gasteiger partial charge in [0.1, 0.15) is 5.76 Å². The molecule has 1 aromatic carbocycles. The van der Waals surface area contributed by atoms with Crippen molar-refractivity contribution in [2.24, 2.45) is 0 Å². The fourth-order valence-corrected chi connectivity index (χ4v) is 1.65. The summed E-state index contributed by atoms with van der Waals surface area (Å²) in [5.41, 5.74) is 1.67. The number of carbonyl (C=O) groups is 1. The monoisotopic (exact) mass is 249 g/mol. The van der Waals surface area contributed by atoms with Crippen molar-refractivity contribution >= 4 is 23.2 Å². The Morgan fingerprint density at radius 2 is 2.18 bits per heavy atom. The van der Waals surface area contributed by atoms with Crippen LogP contribution in [-0.2, 0) is 5.88 Å². The lowest BCUT2D eigenvalue weighted by Gasteiger charge is -2.04. The minimum Gasteiger partial charge on any atom is -0.456 e. The number of benzene rings is 1. The van der Waals surface area contributed by atoms with Crippen LogP contribution in [-0.4, -0.2) is 5.91 Å². The standard InChI is InChI=1S/C13H12ClNO2/c1-9-5-6-12(17-9)13(16)15-11-4-2-3-10(7-11)8-14/h2-7H,8H2,1H3,(H,15,16). The minimum atomic E-state index is -0.259. The van der Waals surface area contributed by atoms with E-state index in [9.17, 15) is 4.79 Å². The van der Waals surface area contributed by atoms with Crippen molar-refractivity contribution in [2.75, 3.05) is 5.32 Å². The first-order valence-corrected chi connectivity index (χ1v) is 5.75. The summed E-state index contributed by atoms with van der Waals surface area (Å²) in [6.07, 6.45) is 0. The third kappa shape index (κ3) is 2.88. The summed E-state index contributed by atoms with van der Waals surface area (Å²) in [4.78, 5) is 11.8. The van der Waals surface area contributed by atoms with Crippen molar-refractivity contribution in [3.05, 3.63) is 53.5 Å². The van der Waals surface area contributed by atoms with E-state index in [1.807, 2.05) is 24.3 Å². The van der Waals surface area contributed by atoms with Gasteiger partial charge >= 0.3 is 0 Å². The van der Waals surface area contributed by atoms with Crippen LogP contribution in [0, 0.1) is 6.92 Å². The van der Waals surface area contributed by atoms with E-state index in [1.165, 1.54) is 0 Å². The first-order chi connectivity index (χ1) is 8.19. The van der Waals surface area contributed by atoms with Crippen LogP contribution in [0.25, 0.3) is 0 Å². The molecule has 0 bridgehead atoms. The van der Waals surface area contributed by atoms with E-state index in [0.29, 0.717) is 23.1 Å². The number of aryl methyl sites for hydroxylation is 1. The van der Waals surface area contributed by atoms with Crippen molar-refractivity contribution < 1.29 is 9.21 Å². The molecule has 0 atom stereocenters. The van der Waals surface area contributed by atoms with E-state index in [4.69, 9.17) is 16.0 Å². The van der Waals surface area contributed by atoms with Gasteiger partial charge in [-0.15, -0.1) is 11.6 Å². The van der Waals surface area contributed by atoms with Gasteiger partial charge in [0.25, 0.3) is 5.91 Å². The van der Waals surface area contributed by atoms with Gasteiger partial charge in [-0.1, -0.05) is 12.1 Å². The molecule has 4 heteroatoms. The summed E-state index contributed by atoms with van der Waals surface area (Å²) in [5, 5.41) is 2.75. The zero-order valence-corrected chi connectivity index (χ0v) is 10.1. The molecule has 0 unspecified atom stereocenters. The van der Waals surface area contributed by atoms with Crippen molar-refractivity contribution in [3.8, 4) is 0 Å². The first-order valence-electron chi connectivity index (χ1n) is 5.22. The number of anilines is 1. The first kappa shape index (κ1) is 11.7. The number of alkyl halides is 1. The molecular formula is C13H12ClNO2. The largest absolute Gasteiger partial charge is 0.456 e. The number of carbonyl (C=O) groups excluding carboxylic acids is 1. The maximum Gasteiger partial charge on any atom is 0.291 e. The molecule has 1 amide bonds. The molecule has 0 aliphatic carbocycles. The van der Waals surface area contributed by atoms with Crippen molar-refractivity contribution in [1.29, 1.82) is 0 Å². The molecule has 0 fully saturated rings. The normalized spacial score (nSPS) is 10.2. The summed E-state index contributed by atoms with van der Waals surface area (Å²) >= 11 is 5.72. The number of amides is 1. The fraction of sp³-hybridized carbons (Fsp3) is 0.154. The lowest BCUT2D eigenvalue weighted by Crippen LogP contribution is -2.10. The smallest absolute Gasteiger partial charge is 0.291 e. The molecule has 1 aromatic heterocycles. The van der Waals surface area contributed by atoms with Gasteiger partial charge in [-0.25, -0.2) is 0 Å². The minimum absolute atomic E-state index is 0.259. The Kier molecular flexibility index (Phi) is 3.49. The predicted octanol–water partition coefficient (Wildman–Crippen LogP) is 3.58. The molecule has 3 nitrogen and oxygen atoms in total. The van der Waals surface area contributed by atoms with Crippen LogP contribution in [0.3, 0.4) is 0 Å². The SMILES string of the molecule is Cc1ccc(C(=O)Nc2cccc(CCl)c2)o1. The van der Waals surface area contributed by atoms with Crippen LogP contribution in [0.5, 0.6) is 0 Å². The molecule has 2 rings (SSSR count). The summed E-state index contributed by atoms with van der Waals surface area (Å²) in [6.45, 7) is 1.80. The van der Waals surface area contributed by atoms with E-state index in [0.717, 1.165) is 5.56 Å². The van der Waals surface area contributed by atoms with Gasteiger partial charge in [-0.2, -0.15) is 0 Å². The van der Waals surface area contributed by atoms with Gasteiger partial charge in [-0.3, -0.25) is 4.79 Å². The van der Waals surface area contributed by atoms with Crippen molar-refractivity contribution in [1.82, 2.24) is 0 Å². The third-order valence-electron chi connectivity index (χ3n) is 2.30. The average Bonchev–Trinajstić information content (AvgIpc) is 2.76. The summed E-state index contributed by atoms with van der Waals surface area (Å²) in [7, 11) is 0. The molecule has 1 N–H and O–H groups in total. The van der Waals surface area contributed by atoms with Gasteiger partial charge in [0.15, 0.2) is 5.76 Å². The lowest BCUT2D eigenvalue weighted by molar-refractivity contribution is 0.0995. The highest BCUT2D eigenvalue weighted by Crippen LogP contribution is 2.14. The molecule has 0 spiro atoms. The molecule has 17 heavy (non-hydrogen) atoms. The molecule has 1 heterocycles. The maximum atomic E-state index is 11.8. The average molecular weight is 250 g/mol. The summed E-state index contributed by atoms with van der Waals surface area (Å²) < 4.78 is 5.24. The molecule has 0 saturated carbocycles. The van der Waals surface area contributed by atoms with Gasteiger partial charge in [0.2, 0.25) is 0 Å². The molecular weight excluding hydrogens is 238 g/mol. The fourth-order valence-electron chi connectivity index (χ4n) is 1.48. The van der Waals surface area contributed by atoms with Crippen LogP contribution in [0.4, 0.5) is 5.69 Å². The lowest BCUT2D eigenvalue weighted by atomic mass is 10.2. The zero-order chi connectivity index (χ0) is 12.3. The van der Waals surface area contributed by atoms with Crippen molar-refractivity contribution in [2.45, 2.75) is 12.8 Å². The van der Waals surface area contributed by atoms with Crippen LogP contribution >= 0.6 is 11.6 Å². The van der Waals surface area contributed by atoms with E-state index in [-0.39, 0.29) is 5.91 Å². The molecule has 0 radical (unpaired) electrons. The topological polar surface area (TPSA) is 42.2 Å². The Hall–Kier alpha value is -1.74. The highest BCUT2D eigenvalue weighted by atomic mass is 35.5. The quantitative estimate of drug-likeness (QED) is 0.845.